The Balaban J connectivity index is 2.12. The van der Waals surface area contributed by atoms with Gasteiger partial charge in [-0.1, -0.05) is 30.3 Å². The number of carboxylic acid groups (broad SMARTS) is 1. The summed E-state index contributed by atoms with van der Waals surface area (Å²) < 4.78 is 5.29. The average Bonchev–Trinajstić information content (AvgIpc) is 2.45. The number of piperidine rings is 1. The summed E-state index contributed by atoms with van der Waals surface area (Å²) in [6.07, 6.45) is 0.478. The van der Waals surface area contributed by atoms with Gasteiger partial charge in [-0.25, -0.2) is 4.79 Å². The van der Waals surface area contributed by atoms with Crippen LogP contribution in [0.2, 0.25) is 0 Å². The van der Waals surface area contributed by atoms with E-state index in [1.54, 1.807) is 20.8 Å². The molecular weight excluding hydrogens is 282 g/mol. The molecule has 5 nitrogen and oxygen atoms in total. The molecule has 1 aliphatic heterocycles. The van der Waals surface area contributed by atoms with Crippen molar-refractivity contribution < 1.29 is 19.4 Å². The number of nitrogens with zero attached hydrogens (tertiary/aromatic N) is 1. The highest BCUT2D eigenvalue weighted by molar-refractivity contribution is 5.79. The van der Waals surface area contributed by atoms with E-state index in [0.717, 1.165) is 5.56 Å². The molecule has 0 aromatic heterocycles. The van der Waals surface area contributed by atoms with Crippen molar-refractivity contribution in [2.45, 2.75) is 51.2 Å². The van der Waals surface area contributed by atoms with E-state index in [-0.39, 0.29) is 5.92 Å². The highest BCUT2D eigenvalue weighted by Crippen LogP contribution is 2.32. The lowest BCUT2D eigenvalue weighted by Gasteiger charge is -2.40. The molecule has 2 unspecified atom stereocenters. The zero-order valence-corrected chi connectivity index (χ0v) is 13.2. The summed E-state index contributed by atoms with van der Waals surface area (Å²) in [5.41, 5.74) is 0.446. The Morgan fingerprint density at radius 2 is 1.86 bits per heavy atom. The van der Waals surface area contributed by atoms with Crippen molar-refractivity contribution in [2.75, 3.05) is 6.54 Å². The van der Waals surface area contributed by atoms with Crippen LogP contribution in [0.4, 0.5) is 4.79 Å². The van der Waals surface area contributed by atoms with Crippen molar-refractivity contribution in [1.82, 2.24) is 4.90 Å². The minimum Gasteiger partial charge on any atom is -0.548 e. The SMILES string of the molecule is CC(C)(C)OC(=O)N1CCC(c2ccccc2)CC1C(=O)[O-]. The van der Waals surface area contributed by atoms with Crippen molar-refractivity contribution in [3.05, 3.63) is 35.9 Å². The second kappa shape index (κ2) is 6.38. The van der Waals surface area contributed by atoms with Gasteiger partial charge in [0.05, 0.1) is 12.0 Å². The van der Waals surface area contributed by atoms with E-state index in [1.165, 1.54) is 4.90 Å². The highest BCUT2D eigenvalue weighted by atomic mass is 16.6. The van der Waals surface area contributed by atoms with E-state index < -0.39 is 23.7 Å². The Bertz CT molecular complexity index is 535. The fourth-order valence-corrected chi connectivity index (χ4v) is 2.76. The Hall–Kier alpha value is -2.04. The molecule has 5 heteroatoms. The van der Waals surface area contributed by atoms with E-state index in [1.807, 2.05) is 30.3 Å². The van der Waals surface area contributed by atoms with E-state index >= 15 is 0 Å². The van der Waals surface area contributed by atoms with Gasteiger partial charge >= 0.3 is 6.09 Å². The minimum atomic E-state index is -1.23. The summed E-state index contributed by atoms with van der Waals surface area (Å²) in [6.45, 7) is 5.63. The number of carboxylic acids is 1. The Morgan fingerprint density at radius 3 is 2.41 bits per heavy atom. The van der Waals surface area contributed by atoms with E-state index in [0.29, 0.717) is 19.4 Å². The molecule has 2 atom stereocenters. The molecule has 1 saturated heterocycles. The number of hydrogen-bond acceptors (Lipinski definition) is 4. The van der Waals surface area contributed by atoms with Crippen LogP contribution in [0.5, 0.6) is 0 Å². The second-order valence-electron chi connectivity index (χ2n) is 6.64. The van der Waals surface area contributed by atoms with Gasteiger partial charge in [0.1, 0.15) is 5.60 Å². The van der Waals surface area contributed by atoms with Crippen LogP contribution in [0, 0.1) is 0 Å². The van der Waals surface area contributed by atoms with Crippen LogP contribution in [0.1, 0.15) is 45.1 Å². The lowest BCUT2D eigenvalue weighted by Crippen LogP contribution is -2.55. The summed E-state index contributed by atoms with van der Waals surface area (Å²) in [6, 6.07) is 8.82. The van der Waals surface area contributed by atoms with Crippen molar-refractivity contribution in [2.24, 2.45) is 0 Å². The number of hydrogen-bond donors (Lipinski definition) is 0. The standard InChI is InChI=1S/C17H23NO4/c1-17(2,3)22-16(21)18-10-9-13(11-14(18)15(19)20)12-7-5-4-6-8-12/h4-8,13-14H,9-11H2,1-3H3,(H,19,20)/p-1. The first-order valence-corrected chi connectivity index (χ1v) is 7.53. The summed E-state index contributed by atoms with van der Waals surface area (Å²) in [5.74, 6) is -1.12. The van der Waals surface area contributed by atoms with Gasteiger partial charge in [-0.15, -0.1) is 0 Å². The zero-order valence-electron chi connectivity index (χ0n) is 13.2. The van der Waals surface area contributed by atoms with Crippen LogP contribution < -0.4 is 5.11 Å². The van der Waals surface area contributed by atoms with Crippen LogP contribution in [0.15, 0.2) is 30.3 Å². The smallest absolute Gasteiger partial charge is 0.410 e. The third kappa shape index (κ3) is 4.00. The monoisotopic (exact) mass is 304 g/mol. The number of ether oxygens (including phenoxy) is 1. The number of rotatable bonds is 2. The van der Waals surface area contributed by atoms with Crippen LogP contribution in [-0.2, 0) is 9.53 Å². The molecule has 1 aromatic rings. The maximum Gasteiger partial charge on any atom is 0.410 e. The molecule has 2 rings (SSSR count). The Kier molecular flexibility index (Phi) is 4.74. The topological polar surface area (TPSA) is 69.7 Å². The summed E-state index contributed by atoms with van der Waals surface area (Å²) in [4.78, 5) is 24.9. The molecule has 1 amide bonds. The normalized spacial score (nSPS) is 22.2. The van der Waals surface area contributed by atoms with E-state index in [2.05, 4.69) is 0 Å². The van der Waals surface area contributed by atoms with Gasteiger partial charge in [0.15, 0.2) is 0 Å². The van der Waals surface area contributed by atoms with Gasteiger partial charge in [-0.3, -0.25) is 4.90 Å². The summed E-state index contributed by atoms with van der Waals surface area (Å²) in [5, 5.41) is 11.5. The van der Waals surface area contributed by atoms with Gasteiger partial charge in [0.25, 0.3) is 0 Å². The zero-order chi connectivity index (χ0) is 16.3. The van der Waals surface area contributed by atoms with E-state index in [9.17, 15) is 14.7 Å². The molecule has 120 valence electrons. The van der Waals surface area contributed by atoms with Gasteiger partial charge in [0.2, 0.25) is 0 Å². The summed E-state index contributed by atoms with van der Waals surface area (Å²) >= 11 is 0. The largest absolute Gasteiger partial charge is 0.548 e. The summed E-state index contributed by atoms with van der Waals surface area (Å²) in [7, 11) is 0. The van der Waals surface area contributed by atoms with Crippen LogP contribution in [-0.4, -0.2) is 35.2 Å². The lowest BCUT2D eigenvalue weighted by atomic mass is 9.85. The Labute approximate surface area is 130 Å². The number of amides is 1. The maximum atomic E-state index is 12.2. The highest BCUT2D eigenvalue weighted by Gasteiger charge is 2.35. The predicted octanol–water partition coefficient (Wildman–Crippen LogP) is 1.92. The minimum absolute atomic E-state index is 0.114. The number of carbonyl (C=O) groups excluding carboxylic acids is 2. The molecule has 1 aromatic carbocycles. The Morgan fingerprint density at radius 1 is 1.23 bits per heavy atom. The van der Waals surface area contributed by atoms with Crippen molar-refractivity contribution in [3.8, 4) is 0 Å². The van der Waals surface area contributed by atoms with Crippen molar-refractivity contribution in [1.29, 1.82) is 0 Å². The van der Waals surface area contributed by atoms with Crippen molar-refractivity contribution in [3.63, 3.8) is 0 Å². The third-order valence-electron chi connectivity index (χ3n) is 3.77. The molecule has 0 radical (unpaired) electrons. The quantitative estimate of drug-likeness (QED) is 0.837. The fraction of sp³-hybridized carbons (Fsp3) is 0.529. The van der Waals surface area contributed by atoms with Crippen LogP contribution >= 0.6 is 0 Å². The number of carbonyl (C=O) groups is 2. The first-order valence-electron chi connectivity index (χ1n) is 7.53. The molecule has 22 heavy (non-hydrogen) atoms. The molecule has 0 N–H and O–H groups in total. The molecule has 1 heterocycles. The number of aliphatic carboxylic acids is 1. The van der Waals surface area contributed by atoms with Crippen LogP contribution in [0.3, 0.4) is 0 Å². The fourth-order valence-electron chi connectivity index (χ4n) is 2.76. The predicted molar refractivity (Wildman–Crippen MR) is 80.2 cm³/mol. The van der Waals surface area contributed by atoms with Gasteiger partial charge < -0.3 is 14.6 Å². The third-order valence-corrected chi connectivity index (χ3v) is 3.77. The first kappa shape index (κ1) is 16.3. The lowest BCUT2D eigenvalue weighted by molar-refractivity contribution is -0.312. The number of likely N-dealkylation sites (tertiary alicyclic amines) is 1. The van der Waals surface area contributed by atoms with Gasteiger partial charge in [-0.05, 0) is 45.1 Å². The second-order valence-corrected chi connectivity index (χ2v) is 6.64. The van der Waals surface area contributed by atoms with Gasteiger partial charge in [0, 0.05) is 6.54 Å². The van der Waals surface area contributed by atoms with Crippen molar-refractivity contribution >= 4 is 12.1 Å². The molecule has 0 aliphatic carbocycles. The maximum absolute atomic E-state index is 12.2. The first-order chi connectivity index (χ1) is 10.3. The molecular formula is C17H22NO4-. The van der Waals surface area contributed by atoms with E-state index in [4.69, 9.17) is 4.74 Å². The van der Waals surface area contributed by atoms with Crippen LogP contribution in [0.25, 0.3) is 0 Å². The average molecular weight is 304 g/mol. The molecule has 1 fully saturated rings. The molecule has 0 bridgehead atoms. The number of benzene rings is 1. The molecule has 0 saturated carbocycles. The molecule has 1 aliphatic rings. The molecule has 0 spiro atoms. The van der Waals surface area contributed by atoms with Gasteiger partial charge in [-0.2, -0.15) is 0 Å².